The van der Waals surface area contributed by atoms with Gasteiger partial charge in [-0.25, -0.2) is 19.6 Å². The molecule has 2 aliphatic rings. The highest BCUT2D eigenvalue weighted by atomic mass is 32.1. The topological polar surface area (TPSA) is 222 Å². The molecule has 6 aromatic rings. The van der Waals surface area contributed by atoms with Crippen molar-refractivity contribution >= 4 is 74.5 Å². The van der Waals surface area contributed by atoms with Gasteiger partial charge in [-0.1, -0.05) is 67.0 Å². The summed E-state index contributed by atoms with van der Waals surface area (Å²) in [6, 6.07) is 34.8. The molecular weight excluding hydrogens is 1130 g/mol. The van der Waals surface area contributed by atoms with Gasteiger partial charge in [0.15, 0.2) is 5.78 Å². The number of aromatic nitrogens is 1. The fourth-order valence-corrected chi connectivity index (χ4v) is 10.9. The second-order valence-electron chi connectivity index (χ2n) is 21.2. The van der Waals surface area contributed by atoms with Crippen LogP contribution in [0.2, 0.25) is 0 Å². The average Bonchev–Trinajstić information content (AvgIpc) is 3.35. The first-order valence-electron chi connectivity index (χ1n) is 29.7. The number of rotatable bonds is 32. The highest BCUT2D eigenvalue weighted by Gasteiger charge is 2.34. The molecule has 5 aromatic carbocycles. The van der Waals surface area contributed by atoms with Crippen LogP contribution < -0.4 is 33.4 Å². The lowest BCUT2D eigenvalue weighted by molar-refractivity contribution is -0.145. The van der Waals surface area contributed by atoms with Gasteiger partial charge >= 0.3 is 35.8 Å². The van der Waals surface area contributed by atoms with Crippen molar-refractivity contribution in [1.82, 2.24) is 4.98 Å². The molecule has 0 radical (unpaired) electrons. The summed E-state index contributed by atoms with van der Waals surface area (Å²) in [7, 11) is 0. The molecule has 19 heteroatoms. The van der Waals surface area contributed by atoms with Crippen molar-refractivity contribution in [2.75, 3.05) is 38.0 Å². The van der Waals surface area contributed by atoms with E-state index >= 15 is 0 Å². The number of thiazole rings is 1. The van der Waals surface area contributed by atoms with Gasteiger partial charge in [-0.2, -0.15) is 5.10 Å². The molecule has 18 nitrogen and oxygen atoms in total. The smallest absolute Gasteiger partial charge is 0.330 e. The Morgan fingerprint density at radius 1 is 0.494 bits per heavy atom. The van der Waals surface area contributed by atoms with Gasteiger partial charge in [-0.15, -0.1) is 0 Å². The number of hydrogen-bond donors (Lipinski definition) is 0. The predicted octanol–water partition coefficient (Wildman–Crippen LogP) is 13.0. The van der Waals surface area contributed by atoms with Gasteiger partial charge in [0.05, 0.1) is 66.5 Å². The van der Waals surface area contributed by atoms with E-state index in [1.165, 1.54) is 28.6 Å². The monoisotopic (exact) mass is 1200 g/mol. The molecule has 0 N–H and O–H groups in total. The first-order chi connectivity index (χ1) is 42.4. The van der Waals surface area contributed by atoms with E-state index in [1.54, 1.807) is 84.9 Å². The number of ether oxygens (including phenoxy) is 8. The predicted molar refractivity (Wildman–Crippen MR) is 328 cm³/mol. The van der Waals surface area contributed by atoms with Gasteiger partial charge in [0.1, 0.15) is 41.0 Å². The molecule has 0 amide bonds. The summed E-state index contributed by atoms with van der Waals surface area (Å²) in [5.41, 5.74) is 1.49. The Hall–Kier alpha value is -8.97. The summed E-state index contributed by atoms with van der Waals surface area (Å²) in [6.07, 6.45) is 13.8. The van der Waals surface area contributed by atoms with Crippen molar-refractivity contribution < 1.29 is 71.5 Å². The standard InChI is InChI=1S/C68H73N3O15S/c1-3-62(73)81-42-16-7-5-14-40-79-53-30-34-55(35-31-53)83-64(75)48-22-24-50(25-23-48)66(77)85-57-38-39-60(52(44-57)45-69-71(46-59(72)47-18-10-9-11-19-47)68-70-58-20-12-13-21-61(58)87-68)86-67(78)51-28-26-49(27-29-51)65(76)84-56-36-32-54(33-37-56)80-41-15-6-8-17-43-82-63(74)4-2/h3-4,9-13,18-21,30-39,44-45,48-51H,1-2,5-8,14-17,22-29,40-43,46H2. The zero-order valence-electron chi connectivity index (χ0n) is 48.7. The first-order valence-corrected chi connectivity index (χ1v) is 30.5. The lowest BCUT2D eigenvalue weighted by Gasteiger charge is -2.26. The van der Waals surface area contributed by atoms with Crippen LogP contribution in [0.3, 0.4) is 0 Å². The zero-order valence-corrected chi connectivity index (χ0v) is 49.5. The van der Waals surface area contributed by atoms with E-state index in [1.807, 2.05) is 30.3 Å². The largest absolute Gasteiger partial charge is 0.494 e. The molecule has 1 aromatic heterocycles. The number of benzene rings is 5. The summed E-state index contributed by atoms with van der Waals surface area (Å²) in [5.74, 6) is -2.29. The Kier molecular flexibility index (Phi) is 24.8. The number of fused-ring (bicyclic) bond motifs is 1. The third-order valence-corrected chi connectivity index (χ3v) is 16.0. The summed E-state index contributed by atoms with van der Waals surface area (Å²) in [5, 5.41) is 6.71. The van der Waals surface area contributed by atoms with Crippen molar-refractivity contribution in [3.8, 4) is 34.5 Å². The Labute approximate surface area is 510 Å². The second kappa shape index (κ2) is 33.7. The van der Waals surface area contributed by atoms with Gasteiger partial charge in [0, 0.05) is 23.3 Å². The minimum Gasteiger partial charge on any atom is -0.494 e. The lowest BCUT2D eigenvalue weighted by atomic mass is 9.82. The quantitative estimate of drug-likeness (QED) is 0.00728. The molecule has 0 atom stereocenters. The van der Waals surface area contributed by atoms with Crippen molar-refractivity contribution in [1.29, 1.82) is 0 Å². The molecular formula is C68H73N3O15S. The number of carbonyl (C=O) groups excluding carboxylic acids is 7. The molecule has 456 valence electrons. The lowest BCUT2D eigenvalue weighted by Crippen LogP contribution is -2.30. The van der Waals surface area contributed by atoms with E-state index in [2.05, 4.69) is 13.2 Å². The van der Waals surface area contributed by atoms with Crippen LogP contribution in [0, 0.1) is 23.7 Å². The third kappa shape index (κ3) is 20.3. The van der Waals surface area contributed by atoms with Crippen molar-refractivity contribution in [2.24, 2.45) is 28.8 Å². The molecule has 0 aliphatic heterocycles. The van der Waals surface area contributed by atoms with E-state index in [9.17, 15) is 33.6 Å². The van der Waals surface area contributed by atoms with Crippen LogP contribution in [0.5, 0.6) is 34.5 Å². The molecule has 8 rings (SSSR count). The second-order valence-corrected chi connectivity index (χ2v) is 22.3. The first kappa shape index (κ1) is 64.0. The number of Topliss-reactive ketones (excluding diaryl/α,β-unsaturated/α-hetero) is 1. The van der Waals surface area contributed by atoms with E-state index in [0.717, 1.165) is 73.7 Å². The number of unbranched alkanes of at least 4 members (excludes halogenated alkanes) is 6. The maximum absolute atomic E-state index is 14.0. The molecule has 0 bridgehead atoms. The van der Waals surface area contributed by atoms with E-state index in [4.69, 9.17) is 48.0 Å². The van der Waals surface area contributed by atoms with Gasteiger partial charge < -0.3 is 37.9 Å². The number of carbonyl (C=O) groups is 7. The van der Waals surface area contributed by atoms with E-state index in [-0.39, 0.29) is 41.3 Å². The number of anilines is 1. The number of para-hydroxylation sites is 1. The number of ketones is 1. The number of hydrogen-bond acceptors (Lipinski definition) is 19. The Morgan fingerprint density at radius 3 is 1.40 bits per heavy atom. The molecule has 0 saturated heterocycles. The number of esters is 6. The molecule has 1 heterocycles. The van der Waals surface area contributed by atoms with Crippen molar-refractivity contribution in [3.05, 3.63) is 158 Å². The summed E-state index contributed by atoms with van der Waals surface area (Å²) in [4.78, 5) is 95.3. The highest BCUT2D eigenvalue weighted by molar-refractivity contribution is 7.22. The van der Waals surface area contributed by atoms with E-state index < -0.39 is 47.5 Å². The van der Waals surface area contributed by atoms with Crippen LogP contribution in [0.1, 0.15) is 119 Å². The number of nitrogens with zero attached hydrogens (tertiary/aromatic N) is 3. The van der Waals surface area contributed by atoms with Crippen LogP contribution in [0.15, 0.2) is 152 Å². The molecule has 0 spiro atoms. The van der Waals surface area contributed by atoms with Gasteiger partial charge in [0.25, 0.3) is 0 Å². The summed E-state index contributed by atoms with van der Waals surface area (Å²) >= 11 is 1.36. The summed E-state index contributed by atoms with van der Waals surface area (Å²) < 4.78 is 46.2. The SMILES string of the molecule is C=CC(=O)OCCCCCCOc1ccc(OC(=O)C2CCC(C(=O)Oc3ccc(OC(=O)C4CCC(C(=O)Oc5ccc(OCCCCCCOC(=O)C=C)cc5)CC4)c(C=NN(CC(=O)c4ccccc4)c4nc5ccccc5s4)c3)CC2)cc1. The van der Waals surface area contributed by atoms with Crippen LogP contribution in [-0.4, -0.2) is 85.8 Å². The maximum atomic E-state index is 14.0. The van der Waals surface area contributed by atoms with Crippen molar-refractivity contribution in [3.63, 3.8) is 0 Å². The normalized spacial score (nSPS) is 16.4. The molecule has 87 heavy (non-hydrogen) atoms. The molecule has 2 saturated carbocycles. The fourth-order valence-electron chi connectivity index (χ4n) is 9.98. The van der Waals surface area contributed by atoms with Crippen LogP contribution in [0.4, 0.5) is 5.13 Å². The Bertz CT molecular complexity index is 3280. The maximum Gasteiger partial charge on any atom is 0.330 e. The third-order valence-electron chi connectivity index (χ3n) is 14.9. The highest BCUT2D eigenvalue weighted by Crippen LogP contribution is 2.36. The molecule has 2 fully saturated rings. The fraction of sp³-hybridized carbons (Fsp3) is 0.368. The molecule has 2 aliphatic carbocycles. The Morgan fingerprint density at radius 2 is 0.920 bits per heavy atom. The molecule has 0 unspecified atom stereocenters. The average molecular weight is 1200 g/mol. The minimum atomic E-state index is -0.528. The van der Waals surface area contributed by atoms with Gasteiger partial charge in [0.2, 0.25) is 5.13 Å². The summed E-state index contributed by atoms with van der Waals surface area (Å²) in [6.45, 7) is 8.36. The van der Waals surface area contributed by atoms with Crippen LogP contribution in [-0.2, 0) is 38.2 Å². The van der Waals surface area contributed by atoms with Gasteiger partial charge in [-0.05, 0) is 182 Å². The van der Waals surface area contributed by atoms with E-state index in [0.29, 0.717) is 111 Å². The number of hydrazone groups is 1. The van der Waals surface area contributed by atoms with Crippen molar-refractivity contribution in [2.45, 2.75) is 103 Å². The van der Waals surface area contributed by atoms with Gasteiger partial charge in [-0.3, -0.25) is 24.0 Å². The Balaban J connectivity index is 0.857. The zero-order chi connectivity index (χ0) is 61.2. The minimum absolute atomic E-state index is 0.134. The van der Waals surface area contributed by atoms with Crippen LogP contribution >= 0.6 is 11.3 Å². The van der Waals surface area contributed by atoms with Crippen LogP contribution in [0.25, 0.3) is 10.2 Å².